The average molecular weight is 436 g/mol. The molecule has 3 aromatic rings. The van der Waals surface area contributed by atoms with E-state index in [0.717, 1.165) is 5.56 Å². The van der Waals surface area contributed by atoms with Crippen LogP contribution in [-0.2, 0) is 11.3 Å². The molecule has 32 heavy (non-hydrogen) atoms. The number of methoxy groups -OCH3 is 2. The molecule has 1 saturated heterocycles. The normalized spacial score (nSPS) is 13.7. The second-order valence-electron chi connectivity index (χ2n) is 7.20. The number of rotatable bonds is 6. The van der Waals surface area contributed by atoms with Gasteiger partial charge in [0.15, 0.2) is 11.5 Å². The lowest BCUT2D eigenvalue weighted by atomic mass is 10.1. The van der Waals surface area contributed by atoms with Gasteiger partial charge in [0.1, 0.15) is 6.54 Å². The SMILES string of the molecule is COc1ccc(-c2ccc(=O)n(CC(=O)N3CCN(c4ncccn4)CC3)n2)cc1OC. The van der Waals surface area contributed by atoms with Gasteiger partial charge in [-0.3, -0.25) is 9.59 Å². The van der Waals surface area contributed by atoms with Crippen molar-refractivity contribution in [2.45, 2.75) is 6.54 Å². The number of carbonyl (C=O) groups is 1. The molecule has 10 nitrogen and oxygen atoms in total. The maximum Gasteiger partial charge on any atom is 0.267 e. The minimum absolute atomic E-state index is 0.123. The molecular formula is C22H24N6O4. The van der Waals surface area contributed by atoms with E-state index >= 15 is 0 Å². The Kier molecular flexibility index (Phi) is 6.29. The highest BCUT2D eigenvalue weighted by Gasteiger charge is 2.23. The lowest BCUT2D eigenvalue weighted by Gasteiger charge is -2.34. The molecule has 1 aliphatic heterocycles. The molecule has 10 heteroatoms. The first-order valence-corrected chi connectivity index (χ1v) is 10.2. The number of piperazine rings is 1. The maximum atomic E-state index is 12.8. The van der Waals surface area contributed by atoms with Gasteiger partial charge in [-0.15, -0.1) is 0 Å². The number of benzene rings is 1. The van der Waals surface area contributed by atoms with Crippen molar-refractivity contribution in [1.82, 2.24) is 24.6 Å². The summed E-state index contributed by atoms with van der Waals surface area (Å²) in [6.07, 6.45) is 3.40. The second-order valence-corrected chi connectivity index (χ2v) is 7.20. The third-order valence-corrected chi connectivity index (χ3v) is 5.30. The molecule has 1 aromatic carbocycles. The number of hydrogen-bond acceptors (Lipinski definition) is 8. The van der Waals surface area contributed by atoms with Gasteiger partial charge in [-0.2, -0.15) is 5.10 Å². The van der Waals surface area contributed by atoms with Crippen molar-refractivity contribution < 1.29 is 14.3 Å². The number of amides is 1. The van der Waals surface area contributed by atoms with Gasteiger partial charge in [0.05, 0.1) is 19.9 Å². The number of anilines is 1. The Morgan fingerprint density at radius 2 is 1.69 bits per heavy atom. The lowest BCUT2D eigenvalue weighted by molar-refractivity contribution is -0.132. The zero-order chi connectivity index (χ0) is 22.5. The van der Waals surface area contributed by atoms with Crippen molar-refractivity contribution in [3.63, 3.8) is 0 Å². The molecule has 0 unspecified atom stereocenters. The van der Waals surface area contributed by atoms with Gasteiger partial charge in [0.2, 0.25) is 11.9 Å². The Bertz CT molecular complexity index is 1140. The Hall–Kier alpha value is -3.95. The molecule has 0 bridgehead atoms. The minimum atomic E-state index is -0.334. The predicted octanol–water partition coefficient (Wildman–Crippen LogP) is 1.07. The molecule has 4 rings (SSSR count). The van der Waals surface area contributed by atoms with Crippen molar-refractivity contribution >= 4 is 11.9 Å². The van der Waals surface area contributed by atoms with E-state index in [4.69, 9.17) is 9.47 Å². The highest BCUT2D eigenvalue weighted by atomic mass is 16.5. The topological polar surface area (TPSA) is 103 Å². The number of ether oxygens (including phenoxy) is 2. The van der Waals surface area contributed by atoms with Crippen molar-refractivity contribution in [2.24, 2.45) is 0 Å². The average Bonchev–Trinajstić information content (AvgIpc) is 2.85. The Balaban J connectivity index is 1.46. The largest absolute Gasteiger partial charge is 0.493 e. The van der Waals surface area contributed by atoms with Crippen LogP contribution >= 0.6 is 0 Å². The summed E-state index contributed by atoms with van der Waals surface area (Å²) in [4.78, 5) is 37.4. The molecule has 1 aliphatic rings. The van der Waals surface area contributed by atoms with Crippen LogP contribution in [0.15, 0.2) is 53.6 Å². The van der Waals surface area contributed by atoms with Gasteiger partial charge in [-0.05, 0) is 30.3 Å². The predicted molar refractivity (Wildman–Crippen MR) is 118 cm³/mol. The zero-order valence-electron chi connectivity index (χ0n) is 18.0. The molecule has 2 aromatic heterocycles. The number of carbonyl (C=O) groups excluding carboxylic acids is 1. The molecule has 0 atom stereocenters. The van der Waals surface area contributed by atoms with Crippen LogP contribution in [0.4, 0.5) is 5.95 Å². The first kappa shape index (κ1) is 21.3. The van der Waals surface area contributed by atoms with Crippen molar-refractivity contribution in [2.75, 3.05) is 45.3 Å². The number of nitrogens with zero attached hydrogens (tertiary/aromatic N) is 6. The van der Waals surface area contributed by atoms with E-state index in [1.807, 2.05) is 11.0 Å². The van der Waals surface area contributed by atoms with Gasteiger partial charge in [0, 0.05) is 50.2 Å². The van der Waals surface area contributed by atoms with Gasteiger partial charge in [-0.1, -0.05) is 0 Å². The van der Waals surface area contributed by atoms with E-state index in [1.54, 1.807) is 55.8 Å². The van der Waals surface area contributed by atoms with Crippen LogP contribution < -0.4 is 19.9 Å². The highest BCUT2D eigenvalue weighted by molar-refractivity contribution is 5.76. The fourth-order valence-electron chi connectivity index (χ4n) is 3.55. The van der Waals surface area contributed by atoms with E-state index < -0.39 is 0 Å². The molecule has 0 radical (unpaired) electrons. The van der Waals surface area contributed by atoms with Crippen LogP contribution in [0, 0.1) is 0 Å². The summed E-state index contributed by atoms with van der Waals surface area (Å²) in [7, 11) is 3.12. The van der Waals surface area contributed by atoms with E-state index in [0.29, 0.717) is 49.3 Å². The highest BCUT2D eigenvalue weighted by Crippen LogP contribution is 2.31. The Morgan fingerprint density at radius 1 is 0.969 bits per heavy atom. The van der Waals surface area contributed by atoms with Crippen LogP contribution in [0.3, 0.4) is 0 Å². The lowest BCUT2D eigenvalue weighted by Crippen LogP contribution is -2.50. The van der Waals surface area contributed by atoms with Crippen LogP contribution in [0.5, 0.6) is 11.5 Å². The van der Waals surface area contributed by atoms with Gasteiger partial charge in [-0.25, -0.2) is 14.6 Å². The molecule has 0 spiro atoms. The molecule has 0 aliphatic carbocycles. The Morgan fingerprint density at radius 3 is 2.38 bits per heavy atom. The quantitative estimate of drug-likeness (QED) is 0.565. The molecule has 3 heterocycles. The first-order chi connectivity index (χ1) is 15.6. The number of aromatic nitrogens is 4. The second kappa shape index (κ2) is 9.46. The standard InChI is InChI=1S/C22H24N6O4/c1-31-18-6-4-16(14-19(18)32-2)17-5-7-20(29)28(25-17)15-21(30)26-10-12-27(13-11-26)22-23-8-3-9-24-22/h3-9,14H,10-13,15H2,1-2H3. The number of hydrogen-bond donors (Lipinski definition) is 0. The van der Waals surface area contributed by atoms with E-state index in [1.165, 1.54) is 10.7 Å². The third-order valence-electron chi connectivity index (χ3n) is 5.30. The third kappa shape index (κ3) is 4.53. The molecule has 0 N–H and O–H groups in total. The molecular weight excluding hydrogens is 412 g/mol. The summed E-state index contributed by atoms with van der Waals surface area (Å²) >= 11 is 0. The van der Waals surface area contributed by atoms with Crippen molar-refractivity contribution in [1.29, 1.82) is 0 Å². The van der Waals surface area contributed by atoms with Crippen molar-refractivity contribution in [3.8, 4) is 22.8 Å². The summed E-state index contributed by atoms with van der Waals surface area (Å²) in [5.74, 6) is 1.65. The van der Waals surface area contributed by atoms with Crippen LogP contribution in [0.25, 0.3) is 11.3 Å². The van der Waals surface area contributed by atoms with E-state index in [-0.39, 0.29) is 18.0 Å². The van der Waals surface area contributed by atoms with Crippen LogP contribution in [0.1, 0.15) is 0 Å². The smallest absolute Gasteiger partial charge is 0.267 e. The van der Waals surface area contributed by atoms with Crippen LogP contribution in [-0.4, -0.2) is 71.0 Å². The van der Waals surface area contributed by atoms with Gasteiger partial charge >= 0.3 is 0 Å². The van der Waals surface area contributed by atoms with E-state index in [2.05, 4.69) is 15.1 Å². The summed E-state index contributed by atoms with van der Waals surface area (Å²) in [5, 5.41) is 4.40. The first-order valence-electron chi connectivity index (χ1n) is 10.2. The molecule has 1 amide bonds. The summed E-state index contributed by atoms with van der Waals surface area (Å²) in [6, 6.07) is 10.2. The minimum Gasteiger partial charge on any atom is -0.493 e. The Labute approximate surface area is 185 Å². The maximum absolute atomic E-state index is 12.8. The van der Waals surface area contributed by atoms with Gasteiger partial charge < -0.3 is 19.3 Å². The molecule has 1 fully saturated rings. The van der Waals surface area contributed by atoms with Crippen LogP contribution in [0.2, 0.25) is 0 Å². The van der Waals surface area contributed by atoms with Crippen molar-refractivity contribution in [3.05, 3.63) is 59.1 Å². The monoisotopic (exact) mass is 436 g/mol. The fraction of sp³-hybridized carbons (Fsp3) is 0.318. The molecule has 166 valence electrons. The van der Waals surface area contributed by atoms with Gasteiger partial charge in [0.25, 0.3) is 5.56 Å². The zero-order valence-corrected chi connectivity index (χ0v) is 18.0. The fourth-order valence-corrected chi connectivity index (χ4v) is 3.55. The summed E-state index contributed by atoms with van der Waals surface area (Å²) in [6.45, 7) is 2.19. The summed E-state index contributed by atoms with van der Waals surface area (Å²) < 4.78 is 11.8. The molecule has 0 saturated carbocycles. The summed E-state index contributed by atoms with van der Waals surface area (Å²) in [5.41, 5.74) is 0.976. The van der Waals surface area contributed by atoms with E-state index in [9.17, 15) is 9.59 Å².